The number of hydrogen-bond acceptors (Lipinski definition) is 1. The Morgan fingerprint density at radius 2 is 1.37 bits per heavy atom. The van der Waals surface area contributed by atoms with E-state index in [1.807, 2.05) is 0 Å². The molecule has 0 unspecified atom stereocenters. The van der Waals surface area contributed by atoms with Crippen LogP contribution in [0.25, 0.3) is 0 Å². The van der Waals surface area contributed by atoms with E-state index in [1.165, 1.54) is 23.2 Å². The fraction of sp³-hybridized carbons (Fsp3) is 0.333. The molecule has 0 saturated heterocycles. The lowest BCUT2D eigenvalue weighted by Gasteiger charge is -2.10. The van der Waals surface area contributed by atoms with E-state index in [9.17, 15) is 0 Å². The van der Waals surface area contributed by atoms with Crippen molar-refractivity contribution in [1.29, 1.82) is 0 Å². The second kappa shape index (κ2) is 6.98. The molecule has 0 radical (unpaired) electrons. The molecule has 0 atom stereocenters. The van der Waals surface area contributed by atoms with Crippen LogP contribution in [0.2, 0.25) is 0 Å². The SMILES string of the molecule is CC(C)Nc1ccc(CCCc2ccccc2)cc1. The van der Waals surface area contributed by atoms with Crippen LogP contribution in [0, 0.1) is 0 Å². The highest BCUT2D eigenvalue weighted by atomic mass is 14.9. The van der Waals surface area contributed by atoms with Crippen molar-refractivity contribution < 1.29 is 0 Å². The molecule has 0 fully saturated rings. The molecule has 1 heteroatoms. The molecular weight excluding hydrogens is 230 g/mol. The topological polar surface area (TPSA) is 12.0 Å². The van der Waals surface area contributed by atoms with Gasteiger partial charge in [0, 0.05) is 11.7 Å². The van der Waals surface area contributed by atoms with Crippen molar-refractivity contribution in [1.82, 2.24) is 0 Å². The number of rotatable bonds is 6. The van der Waals surface area contributed by atoms with Gasteiger partial charge in [0.1, 0.15) is 0 Å². The van der Waals surface area contributed by atoms with E-state index in [0.29, 0.717) is 6.04 Å². The highest BCUT2D eigenvalue weighted by Crippen LogP contribution is 2.13. The Morgan fingerprint density at radius 1 is 0.789 bits per heavy atom. The van der Waals surface area contributed by atoms with E-state index in [0.717, 1.165) is 12.8 Å². The van der Waals surface area contributed by atoms with E-state index in [1.54, 1.807) is 0 Å². The number of hydrogen-bond donors (Lipinski definition) is 1. The van der Waals surface area contributed by atoms with Crippen LogP contribution < -0.4 is 5.32 Å². The zero-order valence-corrected chi connectivity index (χ0v) is 11.9. The first-order valence-electron chi connectivity index (χ1n) is 7.13. The van der Waals surface area contributed by atoms with Gasteiger partial charge in [-0.1, -0.05) is 42.5 Å². The Balaban J connectivity index is 1.80. The Morgan fingerprint density at radius 3 is 1.95 bits per heavy atom. The average molecular weight is 253 g/mol. The van der Waals surface area contributed by atoms with Crippen LogP contribution in [0.5, 0.6) is 0 Å². The van der Waals surface area contributed by atoms with Gasteiger partial charge in [0.05, 0.1) is 0 Å². The lowest BCUT2D eigenvalue weighted by molar-refractivity contribution is 0.820. The average Bonchev–Trinajstić information content (AvgIpc) is 2.41. The largest absolute Gasteiger partial charge is 0.383 e. The molecule has 1 nitrogen and oxygen atoms in total. The predicted molar refractivity (Wildman–Crippen MR) is 83.7 cm³/mol. The monoisotopic (exact) mass is 253 g/mol. The molecule has 2 rings (SSSR count). The normalized spacial score (nSPS) is 10.7. The molecule has 0 aromatic heterocycles. The van der Waals surface area contributed by atoms with Crippen LogP contribution >= 0.6 is 0 Å². The number of anilines is 1. The molecule has 0 aliphatic rings. The van der Waals surface area contributed by atoms with Crippen molar-refractivity contribution in [2.45, 2.75) is 39.2 Å². The van der Waals surface area contributed by atoms with Crippen LogP contribution in [0.15, 0.2) is 54.6 Å². The van der Waals surface area contributed by atoms with E-state index >= 15 is 0 Å². The van der Waals surface area contributed by atoms with E-state index in [-0.39, 0.29) is 0 Å². The minimum absolute atomic E-state index is 0.490. The lowest BCUT2D eigenvalue weighted by Crippen LogP contribution is -2.09. The van der Waals surface area contributed by atoms with Gasteiger partial charge in [0.2, 0.25) is 0 Å². The molecule has 0 amide bonds. The zero-order valence-electron chi connectivity index (χ0n) is 11.9. The first kappa shape index (κ1) is 13.7. The molecule has 1 N–H and O–H groups in total. The molecule has 0 saturated carbocycles. The third kappa shape index (κ3) is 4.78. The van der Waals surface area contributed by atoms with Gasteiger partial charge in [-0.15, -0.1) is 0 Å². The molecule has 2 aromatic rings. The number of aryl methyl sites for hydroxylation is 2. The van der Waals surface area contributed by atoms with Crippen LogP contribution in [0.4, 0.5) is 5.69 Å². The standard InChI is InChI=1S/C18H23N/c1-15(2)19-18-13-11-17(12-14-18)10-6-9-16-7-4-3-5-8-16/h3-5,7-8,11-15,19H,6,9-10H2,1-2H3. The summed E-state index contributed by atoms with van der Waals surface area (Å²) in [7, 11) is 0. The molecule has 0 aliphatic heterocycles. The smallest absolute Gasteiger partial charge is 0.0342 e. The van der Waals surface area contributed by atoms with Crippen molar-refractivity contribution in [3.8, 4) is 0 Å². The van der Waals surface area contributed by atoms with Gasteiger partial charge in [-0.3, -0.25) is 0 Å². The molecule has 0 bridgehead atoms. The summed E-state index contributed by atoms with van der Waals surface area (Å²) in [6, 6.07) is 20.0. The third-order valence-electron chi connectivity index (χ3n) is 3.18. The highest BCUT2D eigenvalue weighted by molar-refractivity contribution is 5.45. The van der Waals surface area contributed by atoms with Crippen molar-refractivity contribution in [2.24, 2.45) is 0 Å². The summed E-state index contributed by atoms with van der Waals surface area (Å²) in [5.41, 5.74) is 4.06. The third-order valence-corrected chi connectivity index (χ3v) is 3.18. The Bertz CT molecular complexity index is 471. The molecule has 19 heavy (non-hydrogen) atoms. The summed E-state index contributed by atoms with van der Waals surface area (Å²) in [4.78, 5) is 0. The van der Waals surface area contributed by atoms with E-state index in [2.05, 4.69) is 73.8 Å². The van der Waals surface area contributed by atoms with Crippen LogP contribution in [0.1, 0.15) is 31.4 Å². The van der Waals surface area contributed by atoms with Gasteiger partial charge in [-0.2, -0.15) is 0 Å². The Hall–Kier alpha value is -1.76. The quantitative estimate of drug-likeness (QED) is 0.788. The van der Waals surface area contributed by atoms with Gasteiger partial charge < -0.3 is 5.32 Å². The van der Waals surface area contributed by atoms with Crippen LogP contribution in [-0.4, -0.2) is 6.04 Å². The van der Waals surface area contributed by atoms with Crippen molar-refractivity contribution in [3.05, 3.63) is 65.7 Å². The number of nitrogens with one attached hydrogen (secondary N) is 1. The minimum Gasteiger partial charge on any atom is -0.383 e. The summed E-state index contributed by atoms with van der Waals surface area (Å²) in [5.74, 6) is 0. The Kier molecular flexibility index (Phi) is 5.02. The summed E-state index contributed by atoms with van der Waals surface area (Å²) < 4.78 is 0. The molecule has 2 aromatic carbocycles. The van der Waals surface area contributed by atoms with Crippen LogP contribution in [0.3, 0.4) is 0 Å². The first-order chi connectivity index (χ1) is 9.24. The Labute approximate surface area is 116 Å². The molecule has 0 aliphatic carbocycles. The molecule has 0 spiro atoms. The fourth-order valence-corrected chi connectivity index (χ4v) is 2.24. The zero-order chi connectivity index (χ0) is 13.5. The summed E-state index contributed by atoms with van der Waals surface area (Å²) in [5, 5.41) is 3.41. The van der Waals surface area contributed by atoms with Gasteiger partial charge in [-0.25, -0.2) is 0 Å². The minimum atomic E-state index is 0.490. The van der Waals surface area contributed by atoms with Crippen molar-refractivity contribution in [3.63, 3.8) is 0 Å². The second-order valence-corrected chi connectivity index (χ2v) is 5.34. The fourth-order valence-electron chi connectivity index (χ4n) is 2.24. The molecular formula is C18H23N. The maximum absolute atomic E-state index is 3.41. The van der Waals surface area contributed by atoms with Gasteiger partial charge >= 0.3 is 0 Å². The second-order valence-electron chi connectivity index (χ2n) is 5.34. The first-order valence-corrected chi connectivity index (χ1v) is 7.13. The maximum atomic E-state index is 3.41. The van der Waals surface area contributed by atoms with Crippen LogP contribution in [-0.2, 0) is 12.8 Å². The summed E-state index contributed by atoms with van der Waals surface area (Å²) >= 11 is 0. The van der Waals surface area contributed by atoms with Crippen molar-refractivity contribution in [2.75, 3.05) is 5.32 Å². The van der Waals surface area contributed by atoms with Gasteiger partial charge in [0.15, 0.2) is 0 Å². The predicted octanol–water partition coefficient (Wildman–Crippen LogP) is 4.68. The molecule has 0 heterocycles. The van der Waals surface area contributed by atoms with E-state index in [4.69, 9.17) is 0 Å². The number of benzene rings is 2. The molecule has 100 valence electrons. The summed E-state index contributed by atoms with van der Waals surface area (Å²) in [6.07, 6.45) is 3.52. The maximum Gasteiger partial charge on any atom is 0.0342 e. The summed E-state index contributed by atoms with van der Waals surface area (Å²) in [6.45, 7) is 4.32. The highest BCUT2D eigenvalue weighted by Gasteiger charge is 1.97. The lowest BCUT2D eigenvalue weighted by atomic mass is 10.0. The van der Waals surface area contributed by atoms with E-state index < -0.39 is 0 Å². The van der Waals surface area contributed by atoms with Crippen molar-refractivity contribution >= 4 is 5.69 Å². The van der Waals surface area contributed by atoms with Gasteiger partial charge in [0.25, 0.3) is 0 Å². The van der Waals surface area contributed by atoms with Gasteiger partial charge in [-0.05, 0) is 56.4 Å².